The van der Waals surface area contributed by atoms with Crippen LogP contribution >= 0.6 is 0 Å². The smallest absolute Gasteiger partial charge is 0.237 e. The summed E-state index contributed by atoms with van der Waals surface area (Å²) in [5, 5.41) is 3.31. The second-order valence-electron chi connectivity index (χ2n) is 5.30. The van der Waals surface area contributed by atoms with Crippen LogP contribution in [0, 0.1) is 0 Å². The number of piperazine rings is 1. The topological polar surface area (TPSA) is 35.6 Å². The van der Waals surface area contributed by atoms with E-state index in [1.165, 1.54) is 5.56 Å². The zero-order chi connectivity index (χ0) is 13.7. The van der Waals surface area contributed by atoms with E-state index >= 15 is 0 Å². The summed E-state index contributed by atoms with van der Waals surface area (Å²) in [7, 11) is 2.00. The molecule has 1 amide bonds. The highest BCUT2D eigenvalue weighted by atomic mass is 16.2. The first-order chi connectivity index (χ1) is 9.16. The standard InChI is InChI=1S/C15H23N3O/c1-13-10-16-8-9-18(13)15(19)12-17(2)11-14-6-4-3-5-7-14/h3-7,13,16H,8-12H2,1-2H3/t13-/m1/s1. The second kappa shape index (κ2) is 6.68. The second-order valence-corrected chi connectivity index (χ2v) is 5.30. The summed E-state index contributed by atoms with van der Waals surface area (Å²) < 4.78 is 0. The molecule has 0 bridgehead atoms. The van der Waals surface area contributed by atoms with Crippen molar-refractivity contribution in [2.75, 3.05) is 33.2 Å². The SMILES string of the molecule is C[C@@H]1CNCCN1C(=O)CN(C)Cc1ccccc1. The molecule has 0 radical (unpaired) electrons. The zero-order valence-corrected chi connectivity index (χ0v) is 11.8. The third kappa shape index (κ3) is 4.04. The van der Waals surface area contributed by atoms with Gasteiger partial charge in [-0.1, -0.05) is 30.3 Å². The first kappa shape index (κ1) is 14.0. The van der Waals surface area contributed by atoms with Gasteiger partial charge in [0.15, 0.2) is 0 Å². The Balaban J connectivity index is 1.84. The molecule has 1 atom stereocenters. The van der Waals surface area contributed by atoms with Crippen LogP contribution in [-0.2, 0) is 11.3 Å². The summed E-state index contributed by atoms with van der Waals surface area (Å²) in [5.74, 6) is 0.229. The van der Waals surface area contributed by atoms with Gasteiger partial charge in [0, 0.05) is 32.2 Å². The molecule has 19 heavy (non-hydrogen) atoms. The highest BCUT2D eigenvalue weighted by molar-refractivity contribution is 5.78. The van der Waals surface area contributed by atoms with Crippen molar-refractivity contribution >= 4 is 5.91 Å². The van der Waals surface area contributed by atoms with Crippen LogP contribution in [0.2, 0.25) is 0 Å². The number of benzene rings is 1. The summed E-state index contributed by atoms with van der Waals surface area (Å²) in [6, 6.07) is 10.6. The number of nitrogens with zero attached hydrogens (tertiary/aromatic N) is 2. The number of carbonyl (C=O) groups is 1. The molecule has 4 nitrogen and oxygen atoms in total. The van der Waals surface area contributed by atoms with Crippen LogP contribution in [0.3, 0.4) is 0 Å². The van der Waals surface area contributed by atoms with Crippen LogP contribution in [0.5, 0.6) is 0 Å². The quantitative estimate of drug-likeness (QED) is 0.876. The van der Waals surface area contributed by atoms with E-state index in [-0.39, 0.29) is 5.91 Å². The van der Waals surface area contributed by atoms with Crippen molar-refractivity contribution in [3.8, 4) is 0 Å². The van der Waals surface area contributed by atoms with Crippen molar-refractivity contribution in [3.63, 3.8) is 0 Å². The summed E-state index contributed by atoms with van der Waals surface area (Å²) >= 11 is 0. The Kier molecular flexibility index (Phi) is 4.93. The molecule has 4 heteroatoms. The lowest BCUT2D eigenvalue weighted by Gasteiger charge is -2.35. The van der Waals surface area contributed by atoms with Gasteiger partial charge in [-0.15, -0.1) is 0 Å². The molecule has 1 aromatic rings. The first-order valence-electron chi connectivity index (χ1n) is 6.89. The Hall–Kier alpha value is -1.39. The number of likely N-dealkylation sites (N-methyl/N-ethyl adjacent to an activating group) is 1. The fraction of sp³-hybridized carbons (Fsp3) is 0.533. The van der Waals surface area contributed by atoms with E-state index in [1.54, 1.807) is 0 Å². The third-order valence-electron chi connectivity index (χ3n) is 3.52. The van der Waals surface area contributed by atoms with Gasteiger partial charge in [0.2, 0.25) is 5.91 Å². The minimum absolute atomic E-state index is 0.229. The number of nitrogens with one attached hydrogen (secondary N) is 1. The molecular formula is C15H23N3O. The molecule has 0 saturated carbocycles. The molecule has 0 unspecified atom stereocenters. The van der Waals surface area contributed by atoms with Crippen molar-refractivity contribution in [2.45, 2.75) is 19.5 Å². The predicted molar refractivity (Wildman–Crippen MR) is 76.8 cm³/mol. The van der Waals surface area contributed by atoms with E-state index in [0.29, 0.717) is 12.6 Å². The summed E-state index contributed by atoms with van der Waals surface area (Å²) in [6.45, 7) is 6.01. The molecule has 1 saturated heterocycles. The van der Waals surface area contributed by atoms with E-state index in [9.17, 15) is 4.79 Å². The number of hydrogen-bond donors (Lipinski definition) is 1. The van der Waals surface area contributed by atoms with Gasteiger partial charge in [-0.05, 0) is 19.5 Å². The maximum atomic E-state index is 12.3. The molecule has 104 valence electrons. The minimum Gasteiger partial charge on any atom is -0.336 e. The van der Waals surface area contributed by atoms with Crippen molar-refractivity contribution in [3.05, 3.63) is 35.9 Å². The lowest BCUT2D eigenvalue weighted by atomic mass is 10.2. The molecule has 1 aliphatic rings. The molecular weight excluding hydrogens is 238 g/mol. The molecule has 1 aromatic carbocycles. The number of amides is 1. The number of carbonyl (C=O) groups excluding carboxylic acids is 1. The maximum absolute atomic E-state index is 12.3. The van der Waals surface area contributed by atoms with Gasteiger partial charge in [-0.3, -0.25) is 9.69 Å². The molecule has 1 N–H and O–H groups in total. The summed E-state index contributed by atoms with van der Waals surface area (Å²) in [4.78, 5) is 16.3. The monoisotopic (exact) mass is 261 g/mol. The molecule has 1 aliphatic heterocycles. The average molecular weight is 261 g/mol. The van der Waals surface area contributed by atoms with Crippen LogP contribution in [0.15, 0.2) is 30.3 Å². The lowest BCUT2D eigenvalue weighted by molar-refractivity contribution is -0.135. The molecule has 1 heterocycles. The van der Waals surface area contributed by atoms with E-state index in [2.05, 4.69) is 29.3 Å². The zero-order valence-electron chi connectivity index (χ0n) is 11.8. The molecule has 0 spiro atoms. The van der Waals surface area contributed by atoms with Crippen LogP contribution in [0.25, 0.3) is 0 Å². The van der Waals surface area contributed by atoms with E-state index < -0.39 is 0 Å². The van der Waals surface area contributed by atoms with Gasteiger partial charge in [-0.2, -0.15) is 0 Å². The summed E-state index contributed by atoms with van der Waals surface area (Å²) in [6.07, 6.45) is 0. The third-order valence-corrected chi connectivity index (χ3v) is 3.52. The molecule has 0 aromatic heterocycles. The van der Waals surface area contributed by atoms with Gasteiger partial charge < -0.3 is 10.2 Å². The first-order valence-corrected chi connectivity index (χ1v) is 6.89. The predicted octanol–water partition coefficient (Wildman–Crippen LogP) is 0.939. The van der Waals surface area contributed by atoms with Crippen LogP contribution in [0.1, 0.15) is 12.5 Å². The molecule has 1 fully saturated rings. The molecule has 2 rings (SSSR count). The van der Waals surface area contributed by atoms with Gasteiger partial charge in [0.05, 0.1) is 6.54 Å². The highest BCUT2D eigenvalue weighted by Crippen LogP contribution is 2.06. The van der Waals surface area contributed by atoms with E-state index in [4.69, 9.17) is 0 Å². The number of hydrogen-bond acceptors (Lipinski definition) is 3. The van der Waals surface area contributed by atoms with Gasteiger partial charge in [0.25, 0.3) is 0 Å². The van der Waals surface area contributed by atoms with Crippen LogP contribution in [-0.4, -0.2) is 55.0 Å². The fourth-order valence-corrected chi connectivity index (χ4v) is 2.48. The number of rotatable bonds is 4. The van der Waals surface area contributed by atoms with Crippen LogP contribution < -0.4 is 5.32 Å². The summed E-state index contributed by atoms with van der Waals surface area (Å²) in [5.41, 5.74) is 1.24. The van der Waals surface area contributed by atoms with E-state index in [0.717, 1.165) is 26.2 Å². The Morgan fingerprint density at radius 3 is 2.84 bits per heavy atom. The van der Waals surface area contributed by atoms with Crippen molar-refractivity contribution < 1.29 is 4.79 Å². The van der Waals surface area contributed by atoms with E-state index in [1.807, 2.05) is 30.1 Å². The van der Waals surface area contributed by atoms with Gasteiger partial charge in [0.1, 0.15) is 0 Å². The van der Waals surface area contributed by atoms with Crippen molar-refractivity contribution in [1.29, 1.82) is 0 Å². The fourth-order valence-electron chi connectivity index (χ4n) is 2.48. The Labute approximate surface area is 115 Å². The molecule has 0 aliphatic carbocycles. The Morgan fingerprint density at radius 1 is 1.42 bits per heavy atom. The normalized spacial score (nSPS) is 19.7. The van der Waals surface area contributed by atoms with Crippen LogP contribution in [0.4, 0.5) is 0 Å². The van der Waals surface area contributed by atoms with Crippen molar-refractivity contribution in [1.82, 2.24) is 15.1 Å². The Morgan fingerprint density at radius 2 is 2.16 bits per heavy atom. The maximum Gasteiger partial charge on any atom is 0.237 e. The van der Waals surface area contributed by atoms with Gasteiger partial charge >= 0.3 is 0 Å². The Bertz CT molecular complexity index is 407. The average Bonchev–Trinajstić information content (AvgIpc) is 2.40. The minimum atomic E-state index is 0.229. The van der Waals surface area contributed by atoms with Crippen molar-refractivity contribution in [2.24, 2.45) is 0 Å². The largest absolute Gasteiger partial charge is 0.336 e. The highest BCUT2D eigenvalue weighted by Gasteiger charge is 2.23. The van der Waals surface area contributed by atoms with Gasteiger partial charge in [-0.25, -0.2) is 0 Å². The lowest BCUT2D eigenvalue weighted by Crippen LogP contribution is -2.54.